The quantitative estimate of drug-likeness (QED) is 0.0210. The third-order valence-electron chi connectivity index (χ3n) is 8.97. The van der Waals surface area contributed by atoms with Crippen molar-refractivity contribution in [3.63, 3.8) is 0 Å². The molecule has 0 unspecified atom stereocenters. The smallest absolute Gasteiger partial charge is 0.326 e. The van der Waals surface area contributed by atoms with Gasteiger partial charge in [-0.15, -0.1) is 0 Å². The number of rotatable bonds is 30. The number of nitrogens with two attached hydrogens (primary N) is 3. The molecule has 0 saturated carbocycles. The van der Waals surface area contributed by atoms with Crippen LogP contribution < -0.4 is 49.1 Å². The van der Waals surface area contributed by atoms with E-state index in [9.17, 15) is 53.4 Å². The second kappa shape index (κ2) is 28.3. The summed E-state index contributed by atoms with van der Waals surface area (Å²) >= 11 is 1.47. The van der Waals surface area contributed by atoms with Crippen molar-refractivity contribution < 1.29 is 58.5 Å². The molecular formula is C36H64N10O12S. The molecule has 22 nitrogen and oxygen atoms in total. The molecule has 0 rings (SSSR count). The predicted molar refractivity (Wildman–Crippen MR) is 218 cm³/mol. The molecule has 0 aromatic heterocycles. The highest BCUT2D eigenvalue weighted by Gasteiger charge is 2.34. The van der Waals surface area contributed by atoms with Crippen molar-refractivity contribution in [1.82, 2.24) is 31.9 Å². The average molecular weight is 861 g/mol. The first-order chi connectivity index (χ1) is 27.5. The Balaban J connectivity index is 6.19. The summed E-state index contributed by atoms with van der Waals surface area (Å²) in [6.45, 7) is 8.27. The summed E-state index contributed by atoms with van der Waals surface area (Å²) in [5, 5.41) is 42.7. The van der Waals surface area contributed by atoms with Gasteiger partial charge in [-0.05, 0) is 69.3 Å². The Morgan fingerprint density at radius 2 is 1.12 bits per heavy atom. The van der Waals surface area contributed by atoms with Gasteiger partial charge in [-0.25, -0.2) is 4.79 Å². The number of hydrogen-bond donors (Lipinski definition) is 12. The Kier molecular flexibility index (Phi) is 25.8. The molecule has 0 aromatic rings. The van der Waals surface area contributed by atoms with E-state index in [2.05, 4.69) is 36.9 Å². The normalized spacial score (nSPS) is 15.1. The first kappa shape index (κ1) is 53.8. The van der Waals surface area contributed by atoms with Crippen LogP contribution in [0.4, 0.5) is 0 Å². The minimum absolute atomic E-state index is 0.0135. The van der Waals surface area contributed by atoms with Crippen LogP contribution in [0.5, 0.6) is 0 Å². The second-order valence-corrected chi connectivity index (χ2v) is 15.5. The largest absolute Gasteiger partial charge is 0.481 e. The Morgan fingerprint density at radius 3 is 1.61 bits per heavy atom. The van der Waals surface area contributed by atoms with E-state index in [1.165, 1.54) is 18.7 Å². The van der Waals surface area contributed by atoms with Gasteiger partial charge in [0.15, 0.2) is 5.96 Å². The summed E-state index contributed by atoms with van der Waals surface area (Å²) in [7, 11) is 0. The number of carboxylic acids is 3. The van der Waals surface area contributed by atoms with Crippen LogP contribution in [-0.2, 0) is 43.2 Å². The van der Waals surface area contributed by atoms with E-state index in [1.807, 2.05) is 6.26 Å². The summed E-state index contributed by atoms with van der Waals surface area (Å²) in [5.41, 5.74) is 16.8. The van der Waals surface area contributed by atoms with E-state index < -0.39 is 127 Å². The third-order valence-corrected chi connectivity index (χ3v) is 9.62. The number of thioether (sulfide) groups is 1. The van der Waals surface area contributed by atoms with Crippen molar-refractivity contribution in [2.45, 2.75) is 135 Å². The highest BCUT2D eigenvalue weighted by molar-refractivity contribution is 7.98. The van der Waals surface area contributed by atoms with Gasteiger partial charge in [0.05, 0.1) is 6.04 Å². The van der Waals surface area contributed by atoms with Crippen molar-refractivity contribution in [3.8, 4) is 0 Å². The summed E-state index contributed by atoms with van der Waals surface area (Å²) in [5.74, 6) is -9.28. The average Bonchev–Trinajstić information content (AvgIpc) is 3.15. The van der Waals surface area contributed by atoms with E-state index in [-0.39, 0.29) is 37.7 Å². The topological polar surface area (TPSA) is 377 Å². The van der Waals surface area contributed by atoms with Crippen LogP contribution in [0, 0.1) is 11.8 Å². The molecule has 59 heavy (non-hydrogen) atoms. The van der Waals surface area contributed by atoms with Crippen LogP contribution in [0.3, 0.4) is 0 Å². The lowest BCUT2D eigenvalue weighted by molar-refractivity contribution is -0.144. The number of hydrogen-bond acceptors (Lipinski definition) is 12. The molecular weight excluding hydrogens is 797 g/mol. The highest BCUT2D eigenvalue weighted by Crippen LogP contribution is 2.12. The lowest BCUT2D eigenvalue weighted by atomic mass is 9.97. The third kappa shape index (κ3) is 22.5. The van der Waals surface area contributed by atoms with E-state index >= 15 is 0 Å². The molecule has 0 aliphatic carbocycles. The number of carboxylic acid groups (broad SMARTS) is 3. The zero-order chi connectivity index (χ0) is 45.4. The van der Waals surface area contributed by atoms with Crippen LogP contribution in [0.15, 0.2) is 4.99 Å². The van der Waals surface area contributed by atoms with E-state index in [4.69, 9.17) is 22.3 Å². The van der Waals surface area contributed by atoms with E-state index in [0.717, 1.165) is 0 Å². The van der Waals surface area contributed by atoms with Gasteiger partial charge in [0.1, 0.15) is 36.3 Å². The van der Waals surface area contributed by atoms with Crippen LogP contribution >= 0.6 is 11.8 Å². The molecule has 23 heteroatoms. The van der Waals surface area contributed by atoms with Gasteiger partial charge >= 0.3 is 17.9 Å². The Hall–Kier alpha value is -5.19. The summed E-state index contributed by atoms with van der Waals surface area (Å²) in [4.78, 5) is 118. The zero-order valence-corrected chi connectivity index (χ0v) is 35.4. The predicted octanol–water partition coefficient (Wildman–Crippen LogP) is -2.04. The summed E-state index contributed by atoms with van der Waals surface area (Å²) < 4.78 is 0. The molecule has 0 bridgehead atoms. The number of carbonyl (C=O) groups is 9. The van der Waals surface area contributed by atoms with Gasteiger partial charge in [-0.1, -0.05) is 34.1 Å². The maximum absolute atomic E-state index is 13.7. The van der Waals surface area contributed by atoms with Crippen LogP contribution in [-0.4, -0.2) is 135 Å². The molecule has 6 amide bonds. The van der Waals surface area contributed by atoms with Crippen molar-refractivity contribution >= 4 is 71.1 Å². The van der Waals surface area contributed by atoms with E-state index in [1.54, 1.807) is 27.7 Å². The molecule has 8 atom stereocenters. The van der Waals surface area contributed by atoms with Crippen molar-refractivity contribution in [1.29, 1.82) is 0 Å². The molecule has 0 aromatic carbocycles. The lowest BCUT2D eigenvalue weighted by Crippen LogP contribution is -2.60. The van der Waals surface area contributed by atoms with Crippen LogP contribution in [0.25, 0.3) is 0 Å². The van der Waals surface area contributed by atoms with Crippen LogP contribution in [0.2, 0.25) is 0 Å². The zero-order valence-electron chi connectivity index (χ0n) is 34.6. The SMILES string of the molecule is CC[C@H](C)[C@H](NC(=O)[C@H](C)NC(=O)[C@H](CC(C)C)NC(=O)[C@H](CCC(=O)O)NC(=O)[C@H](CCCN=C(N)N)NC(=O)[C@@H](N)CCSC)C(=O)N[C@@H](CCC(=O)O)C(=O)O. The Morgan fingerprint density at radius 1 is 0.627 bits per heavy atom. The number of aliphatic imine (C=N–C) groups is 1. The maximum atomic E-state index is 13.7. The molecule has 15 N–H and O–H groups in total. The number of nitrogens with zero attached hydrogens (tertiary/aromatic N) is 1. The molecule has 0 aliphatic heterocycles. The van der Waals surface area contributed by atoms with Crippen molar-refractivity contribution in [2.75, 3.05) is 18.6 Å². The van der Waals surface area contributed by atoms with Crippen molar-refractivity contribution in [2.24, 2.45) is 34.0 Å². The summed E-state index contributed by atoms with van der Waals surface area (Å²) in [6, 6.07) is -9.09. The molecule has 0 heterocycles. The number of aliphatic carboxylic acids is 3. The monoisotopic (exact) mass is 860 g/mol. The second-order valence-electron chi connectivity index (χ2n) is 14.5. The maximum Gasteiger partial charge on any atom is 0.326 e. The van der Waals surface area contributed by atoms with Crippen molar-refractivity contribution in [3.05, 3.63) is 0 Å². The van der Waals surface area contributed by atoms with Gasteiger partial charge in [0.25, 0.3) is 0 Å². The molecule has 0 aliphatic rings. The fourth-order valence-corrected chi connectivity index (χ4v) is 5.85. The number of carbonyl (C=O) groups excluding carboxylic acids is 6. The minimum Gasteiger partial charge on any atom is -0.481 e. The molecule has 0 fully saturated rings. The van der Waals surface area contributed by atoms with Crippen LogP contribution in [0.1, 0.15) is 92.4 Å². The Labute approximate surface area is 348 Å². The summed E-state index contributed by atoms with van der Waals surface area (Å²) in [6.07, 6.45) is 0.895. The molecule has 0 radical (unpaired) electrons. The van der Waals surface area contributed by atoms with Gasteiger partial charge in [-0.3, -0.25) is 43.3 Å². The van der Waals surface area contributed by atoms with Gasteiger partial charge in [0.2, 0.25) is 35.4 Å². The fraction of sp³-hybridized carbons (Fsp3) is 0.722. The minimum atomic E-state index is -1.54. The first-order valence-electron chi connectivity index (χ1n) is 19.3. The highest BCUT2D eigenvalue weighted by atomic mass is 32.2. The number of guanidine groups is 1. The van der Waals surface area contributed by atoms with Gasteiger partial charge < -0.3 is 64.4 Å². The standard InChI is InChI=1S/C36H64N10O12S/c1-7-19(4)28(34(56)44-24(35(57)58)11-13-27(49)50)46-29(51)20(5)41-33(55)25(17-18(2)3)45-32(54)23(10-12-26(47)48)43-31(53)22(9-8-15-40-36(38)39)42-30(52)21(37)14-16-59-6/h18-25,28H,7-17,37H2,1-6H3,(H,41,55)(H,42,52)(H,43,53)(H,44,56)(H,45,54)(H,46,51)(H,47,48)(H,49,50)(H,57,58)(H4,38,39,40)/t19-,20-,21-,22-,23-,24-,25-,28-/m0/s1. The molecule has 0 saturated heterocycles. The van der Waals surface area contributed by atoms with Gasteiger partial charge in [-0.2, -0.15) is 11.8 Å². The number of amides is 6. The lowest BCUT2D eigenvalue weighted by Gasteiger charge is -2.28. The van der Waals surface area contributed by atoms with E-state index in [0.29, 0.717) is 18.6 Å². The number of nitrogens with one attached hydrogen (secondary N) is 6. The molecule has 0 spiro atoms. The fourth-order valence-electron chi connectivity index (χ4n) is 5.36. The van der Waals surface area contributed by atoms with Gasteiger partial charge in [0, 0.05) is 19.4 Å². The molecule has 336 valence electrons. The first-order valence-corrected chi connectivity index (χ1v) is 20.7. The Bertz CT molecular complexity index is 1480.